The molecule has 0 fully saturated rings. The minimum atomic E-state index is -1.88. The molecule has 0 unspecified atom stereocenters. The van der Waals surface area contributed by atoms with E-state index in [1.54, 1.807) is 74.5 Å². The normalized spacial score (nSPS) is 14.6. The van der Waals surface area contributed by atoms with Gasteiger partial charge in [0.05, 0.1) is 39.5 Å². The molecule has 0 spiro atoms. The van der Waals surface area contributed by atoms with E-state index in [0.29, 0.717) is 17.5 Å². The van der Waals surface area contributed by atoms with Gasteiger partial charge >= 0.3 is 5.97 Å². The Balaban J connectivity index is 2.22. The van der Waals surface area contributed by atoms with Crippen molar-refractivity contribution in [1.82, 2.24) is 47.9 Å². The van der Waals surface area contributed by atoms with Crippen LogP contribution >= 0.6 is 0 Å². The van der Waals surface area contributed by atoms with Crippen LogP contribution in [0.25, 0.3) is 0 Å². The highest BCUT2D eigenvalue weighted by Crippen LogP contribution is 2.10. The number of hydrogen-bond donors (Lipinski definition) is 16. The number of rotatable bonds is 32. The van der Waals surface area contributed by atoms with Gasteiger partial charge < -0.3 is 84.9 Å². The van der Waals surface area contributed by atoms with Gasteiger partial charge in [-0.15, -0.1) is 0 Å². The van der Waals surface area contributed by atoms with Crippen molar-refractivity contribution in [1.29, 1.82) is 0 Å². The molecular formula is C45H65N11O16. The molecule has 0 aliphatic rings. The van der Waals surface area contributed by atoms with E-state index < -0.39 is 172 Å². The summed E-state index contributed by atoms with van der Waals surface area (Å²) in [6.45, 7) is -2.17. The molecule has 10 amide bonds. The molecule has 0 aliphatic carbocycles. The number of nitrogens with one attached hydrogen (secondary N) is 9. The first-order valence-electron chi connectivity index (χ1n) is 22.6. The molecule has 0 saturated heterocycles. The van der Waals surface area contributed by atoms with Crippen LogP contribution in [0.3, 0.4) is 0 Å². The summed E-state index contributed by atoms with van der Waals surface area (Å²) in [6, 6.07) is 3.81. The quantitative estimate of drug-likeness (QED) is 0.0324. The van der Waals surface area contributed by atoms with Crippen molar-refractivity contribution < 1.29 is 78.3 Å². The number of carbonyl (C=O) groups excluding carboxylic acids is 10. The topological polar surface area (TPSA) is 449 Å². The molecule has 2 aromatic rings. The number of carboxylic acid groups (broad SMARTS) is 1. The van der Waals surface area contributed by atoms with E-state index in [-0.39, 0.29) is 12.8 Å². The summed E-state index contributed by atoms with van der Waals surface area (Å²) in [4.78, 5) is 142. The predicted octanol–water partition coefficient (Wildman–Crippen LogP) is -7.21. The Labute approximate surface area is 413 Å². The Morgan fingerprint density at radius 1 is 0.500 bits per heavy atom. The molecule has 0 radical (unpaired) electrons. The Bertz CT molecular complexity index is 2170. The average Bonchev–Trinajstić information content (AvgIpc) is 3.36. The van der Waals surface area contributed by atoms with Crippen LogP contribution in [0.1, 0.15) is 44.2 Å². The Morgan fingerprint density at radius 2 is 0.889 bits per heavy atom. The lowest BCUT2D eigenvalue weighted by Gasteiger charge is -2.26. The number of aliphatic hydroxyl groups is 4. The Morgan fingerprint density at radius 3 is 1.28 bits per heavy atom. The van der Waals surface area contributed by atoms with Crippen molar-refractivity contribution in [3.05, 3.63) is 71.8 Å². The van der Waals surface area contributed by atoms with Gasteiger partial charge in [-0.1, -0.05) is 80.9 Å². The number of nitrogens with two attached hydrogens (primary N) is 2. The van der Waals surface area contributed by atoms with E-state index in [4.69, 9.17) is 11.5 Å². The summed E-state index contributed by atoms with van der Waals surface area (Å²) >= 11 is 0. The highest BCUT2D eigenvalue weighted by molar-refractivity contribution is 5.98. The van der Waals surface area contributed by atoms with Gasteiger partial charge in [0, 0.05) is 19.3 Å². The summed E-state index contributed by atoms with van der Waals surface area (Å²) in [5.74, 6) is -12.1. The van der Waals surface area contributed by atoms with Crippen LogP contribution in [0, 0.1) is 5.92 Å². The molecule has 27 heteroatoms. The number of amides is 10. The van der Waals surface area contributed by atoms with E-state index in [1.165, 1.54) is 0 Å². The fourth-order valence-electron chi connectivity index (χ4n) is 6.53. The third-order valence-corrected chi connectivity index (χ3v) is 10.8. The average molecular weight is 1020 g/mol. The monoisotopic (exact) mass is 1020 g/mol. The minimum Gasteiger partial charge on any atom is -0.480 e. The lowest BCUT2D eigenvalue weighted by molar-refractivity contribution is -0.143. The van der Waals surface area contributed by atoms with E-state index in [2.05, 4.69) is 47.9 Å². The lowest BCUT2D eigenvalue weighted by atomic mass is 9.98. The largest absolute Gasteiger partial charge is 0.480 e. The summed E-state index contributed by atoms with van der Waals surface area (Å²) in [5.41, 5.74) is 11.8. The maximum Gasteiger partial charge on any atom is 0.328 e. The zero-order chi connectivity index (χ0) is 53.9. The van der Waals surface area contributed by atoms with Crippen LogP contribution in [-0.4, -0.2) is 178 Å². The van der Waals surface area contributed by atoms with Gasteiger partial charge in [0.2, 0.25) is 59.1 Å². The summed E-state index contributed by atoms with van der Waals surface area (Å²) in [7, 11) is 0. The molecule has 72 heavy (non-hydrogen) atoms. The highest BCUT2D eigenvalue weighted by atomic mass is 16.4. The van der Waals surface area contributed by atoms with Crippen LogP contribution in [0.4, 0.5) is 0 Å². The maximum atomic E-state index is 13.8. The van der Waals surface area contributed by atoms with Crippen LogP contribution < -0.4 is 59.3 Å². The molecular weight excluding hydrogens is 951 g/mol. The molecule has 18 N–H and O–H groups in total. The van der Waals surface area contributed by atoms with Crippen LogP contribution in [0.2, 0.25) is 0 Å². The Hall–Kier alpha value is -7.59. The van der Waals surface area contributed by atoms with Crippen molar-refractivity contribution in [2.24, 2.45) is 17.4 Å². The van der Waals surface area contributed by atoms with Gasteiger partial charge in [0.25, 0.3) is 0 Å². The summed E-state index contributed by atoms with van der Waals surface area (Å²) in [6.07, 6.45) is -0.879. The van der Waals surface area contributed by atoms with Crippen LogP contribution in [0.5, 0.6) is 0 Å². The number of aliphatic carboxylic acids is 1. The van der Waals surface area contributed by atoms with Gasteiger partial charge in [0.15, 0.2) is 0 Å². The zero-order valence-corrected chi connectivity index (χ0v) is 39.6. The van der Waals surface area contributed by atoms with E-state index in [0.717, 1.165) is 0 Å². The fraction of sp³-hybridized carbons (Fsp3) is 0.489. The summed E-state index contributed by atoms with van der Waals surface area (Å²) < 4.78 is 0. The van der Waals surface area contributed by atoms with Gasteiger partial charge in [0.1, 0.15) is 48.3 Å². The smallest absolute Gasteiger partial charge is 0.328 e. The number of aliphatic hydroxyl groups excluding tert-OH is 4. The molecule has 2 rings (SSSR count). The highest BCUT2D eigenvalue weighted by Gasteiger charge is 2.34. The number of carboxylic acids is 1. The first-order chi connectivity index (χ1) is 34.2. The standard InChI is InChI=1S/C45H65N11O16/c1-3-24(2)37(44(70)55-33(23-60)45(71)72)56-36(63)19-48-38(64)27(14-15-34(47)61)50-41(67)30(20-57)54-43(69)32(22-59)53-40(66)29(17-26-12-8-5-9-13-26)51-42(68)31(21-58)52-39(65)28(49-35(62)18-46)16-25-10-6-4-7-11-25/h4-13,24,27-33,37,57-60H,3,14-23,46H2,1-2H3,(H2,47,61)(H,48,64)(H,49,62)(H,50,67)(H,51,68)(H,52,65)(H,53,66)(H,54,69)(H,55,70)(H,56,63)(H,71,72)/t24-,27-,28-,29-,30-,31-,32-,33-,37-/m0/s1. The fourth-order valence-corrected chi connectivity index (χ4v) is 6.53. The Kier molecular flexibility index (Phi) is 26.6. The van der Waals surface area contributed by atoms with Crippen LogP contribution in [-0.2, 0) is 65.6 Å². The molecule has 2 aromatic carbocycles. The zero-order valence-electron chi connectivity index (χ0n) is 39.6. The van der Waals surface area contributed by atoms with E-state index in [9.17, 15) is 78.3 Å². The van der Waals surface area contributed by atoms with Gasteiger partial charge in [-0.2, -0.15) is 0 Å². The third-order valence-electron chi connectivity index (χ3n) is 10.8. The second-order valence-electron chi connectivity index (χ2n) is 16.3. The number of primary amides is 1. The second kappa shape index (κ2) is 31.6. The second-order valence-corrected chi connectivity index (χ2v) is 16.3. The molecule has 0 saturated carbocycles. The van der Waals surface area contributed by atoms with E-state index in [1.807, 2.05) is 0 Å². The van der Waals surface area contributed by atoms with Gasteiger partial charge in [-0.05, 0) is 23.5 Å². The molecule has 396 valence electrons. The van der Waals surface area contributed by atoms with Crippen molar-refractivity contribution in [3.63, 3.8) is 0 Å². The molecule has 0 bridgehead atoms. The van der Waals surface area contributed by atoms with E-state index >= 15 is 0 Å². The number of benzene rings is 2. The van der Waals surface area contributed by atoms with Crippen LogP contribution in [0.15, 0.2) is 60.7 Å². The summed E-state index contributed by atoms with van der Waals surface area (Å²) in [5, 5.41) is 69.5. The molecule has 0 aromatic heterocycles. The van der Waals surface area contributed by atoms with Crippen molar-refractivity contribution in [2.75, 3.05) is 39.5 Å². The minimum absolute atomic E-state index is 0.0242. The molecule has 27 nitrogen and oxygen atoms in total. The van der Waals surface area contributed by atoms with Gasteiger partial charge in [-0.25, -0.2) is 4.79 Å². The lowest BCUT2D eigenvalue weighted by Crippen LogP contribution is -2.61. The first-order valence-corrected chi connectivity index (χ1v) is 22.6. The predicted molar refractivity (Wildman–Crippen MR) is 252 cm³/mol. The molecule has 0 heterocycles. The third kappa shape index (κ3) is 20.8. The van der Waals surface area contributed by atoms with Crippen molar-refractivity contribution in [2.45, 2.75) is 94.3 Å². The maximum absolute atomic E-state index is 13.8. The molecule has 9 atom stereocenters. The molecule has 0 aliphatic heterocycles. The number of hydrogen-bond acceptors (Lipinski definition) is 16. The van der Waals surface area contributed by atoms with Gasteiger partial charge in [-0.3, -0.25) is 47.9 Å². The van der Waals surface area contributed by atoms with Crippen molar-refractivity contribution >= 4 is 65.0 Å². The SMILES string of the molecule is CC[C@H](C)[C@H](NC(=O)CNC(=O)[C@H](CCC(N)=O)NC(=O)[C@H](CO)NC(=O)[C@H](CO)NC(=O)[C@H](Cc1ccccc1)NC(=O)[C@H](CO)NC(=O)[C@H](Cc1ccccc1)NC(=O)CN)C(=O)N[C@@H](CO)C(=O)O. The number of carbonyl (C=O) groups is 11. The van der Waals surface area contributed by atoms with Crippen molar-refractivity contribution in [3.8, 4) is 0 Å². The first kappa shape index (κ1) is 60.5.